The van der Waals surface area contributed by atoms with Crippen molar-refractivity contribution < 1.29 is 13.9 Å². The van der Waals surface area contributed by atoms with Gasteiger partial charge in [-0.2, -0.15) is 0 Å². The van der Waals surface area contributed by atoms with Gasteiger partial charge in [0.1, 0.15) is 11.4 Å². The number of urea groups is 1. The van der Waals surface area contributed by atoms with E-state index in [1.54, 1.807) is 31.1 Å². The first-order valence-corrected chi connectivity index (χ1v) is 8.10. The highest BCUT2D eigenvalue weighted by molar-refractivity contribution is 5.74. The van der Waals surface area contributed by atoms with Crippen molar-refractivity contribution in [3.05, 3.63) is 30.1 Å². The molecule has 6 heteroatoms. The summed E-state index contributed by atoms with van der Waals surface area (Å²) in [4.78, 5) is 17.9. The van der Waals surface area contributed by atoms with Crippen LogP contribution in [0.25, 0.3) is 0 Å². The SMILES string of the molecule is CN(C)C(=O)N1CCO[C@@]2(CCCN(c3cccc(F)c3)C2)C1. The molecule has 23 heavy (non-hydrogen) atoms. The zero-order valence-corrected chi connectivity index (χ0v) is 13.8. The number of benzene rings is 1. The molecule has 2 saturated heterocycles. The Morgan fingerprint density at radius 2 is 2.13 bits per heavy atom. The second-order valence-corrected chi connectivity index (χ2v) is 6.64. The molecule has 2 heterocycles. The molecule has 5 nitrogen and oxygen atoms in total. The number of ether oxygens (including phenoxy) is 1. The van der Waals surface area contributed by atoms with Gasteiger partial charge in [-0.25, -0.2) is 9.18 Å². The highest BCUT2D eigenvalue weighted by Crippen LogP contribution is 2.32. The Morgan fingerprint density at radius 3 is 2.87 bits per heavy atom. The molecule has 0 unspecified atom stereocenters. The summed E-state index contributed by atoms with van der Waals surface area (Å²) in [6.45, 7) is 3.34. The van der Waals surface area contributed by atoms with Crippen LogP contribution in [0.15, 0.2) is 24.3 Å². The third-order valence-electron chi connectivity index (χ3n) is 4.61. The van der Waals surface area contributed by atoms with Crippen molar-refractivity contribution in [2.24, 2.45) is 0 Å². The van der Waals surface area contributed by atoms with Crippen LogP contribution in [0.1, 0.15) is 12.8 Å². The number of carbonyl (C=O) groups excluding carboxylic acids is 1. The number of hydrogen-bond donors (Lipinski definition) is 0. The molecule has 0 bridgehead atoms. The second kappa shape index (κ2) is 6.35. The topological polar surface area (TPSA) is 36.0 Å². The Morgan fingerprint density at radius 1 is 1.30 bits per heavy atom. The number of halogens is 1. The smallest absolute Gasteiger partial charge is 0.319 e. The number of piperidine rings is 1. The number of hydrogen-bond acceptors (Lipinski definition) is 3. The van der Waals surface area contributed by atoms with Gasteiger partial charge in [0.15, 0.2) is 0 Å². The summed E-state index contributed by atoms with van der Waals surface area (Å²) in [5.41, 5.74) is 0.526. The summed E-state index contributed by atoms with van der Waals surface area (Å²) in [6, 6.07) is 6.70. The Balaban J connectivity index is 1.75. The van der Waals surface area contributed by atoms with E-state index in [1.807, 2.05) is 11.0 Å². The van der Waals surface area contributed by atoms with Crippen molar-refractivity contribution in [1.82, 2.24) is 9.80 Å². The summed E-state index contributed by atoms with van der Waals surface area (Å²) in [5, 5.41) is 0. The van der Waals surface area contributed by atoms with Gasteiger partial charge in [-0.1, -0.05) is 6.07 Å². The van der Waals surface area contributed by atoms with Crippen molar-refractivity contribution in [2.75, 3.05) is 51.8 Å². The minimum absolute atomic E-state index is 0.0237. The summed E-state index contributed by atoms with van der Waals surface area (Å²) < 4.78 is 19.6. The van der Waals surface area contributed by atoms with E-state index in [0.717, 1.165) is 25.1 Å². The summed E-state index contributed by atoms with van der Waals surface area (Å²) in [6.07, 6.45) is 1.90. The molecule has 0 saturated carbocycles. The second-order valence-electron chi connectivity index (χ2n) is 6.64. The molecule has 2 aliphatic heterocycles. The molecule has 2 aliphatic rings. The fraction of sp³-hybridized carbons (Fsp3) is 0.588. The van der Waals surface area contributed by atoms with E-state index >= 15 is 0 Å². The van der Waals surface area contributed by atoms with Crippen LogP contribution in [0.4, 0.5) is 14.9 Å². The number of morpholine rings is 1. The van der Waals surface area contributed by atoms with E-state index in [0.29, 0.717) is 26.2 Å². The molecule has 1 atom stereocenters. The molecule has 2 fully saturated rings. The van der Waals surface area contributed by atoms with Gasteiger partial charge in [0.25, 0.3) is 0 Å². The first kappa shape index (κ1) is 16.1. The van der Waals surface area contributed by atoms with Crippen molar-refractivity contribution in [2.45, 2.75) is 18.4 Å². The third-order valence-corrected chi connectivity index (χ3v) is 4.61. The molecule has 0 N–H and O–H groups in total. The van der Waals surface area contributed by atoms with Gasteiger partial charge in [-0.15, -0.1) is 0 Å². The minimum Gasteiger partial charge on any atom is -0.369 e. The maximum Gasteiger partial charge on any atom is 0.319 e. The van der Waals surface area contributed by atoms with E-state index in [4.69, 9.17) is 4.74 Å². The van der Waals surface area contributed by atoms with E-state index in [1.165, 1.54) is 6.07 Å². The first-order chi connectivity index (χ1) is 11.0. The molecule has 2 amide bonds. The van der Waals surface area contributed by atoms with Crippen LogP contribution in [0.3, 0.4) is 0 Å². The largest absolute Gasteiger partial charge is 0.369 e. The number of amides is 2. The van der Waals surface area contributed by atoms with E-state index in [-0.39, 0.29) is 17.4 Å². The lowest BCUT2D eigenvalue weighted by Crippen LogP contribution is -2.61. The maximum atomic E-state index is 13.5. The summed E-state index contributed by atoms with van der Waals surface area (Å²) in [5.74, 6) is -0.226. The van der Waals surface area contributed by atoms with Gasteiger partial charge >= 0.3 is 6.03 Å². The van der Waals surface area contributed by atoms with Gasteiger partial charge in [0.05, 0.1) is 13.2 Å². The molecule has 0 aromatic heterocycles. The lowest BCUT2D eigenvalue weighted by atomic mass is 9.90. The standard InChI is InChI=1S/C17H24FN3O2/c1-19(2)16(22)21-9-10-23-17(13-21)7-4-8-20(12-17)15-6-3-5-14(18)11-15/h3,5-6,11H,4,7-10,12-13H2,1-2H3/t17-/m1/s1. The lowest BCUT2D eigenvalue weighted by Gasteiger charge is -2.48. The van der Waals surface area contributed by atoms with E-state index in [2.05, 4.69) is 4.90 Å². The van der Waals surface area contributed by atoms with Crippen molar-refractivity contribution >= 4 is 11.7 Å². The van der Waals surface area contributed by atoms with Crippen LogP contribution in [0, 0.1) is 5.82 Å². The Bertz CT molecular complexity index is 577. The first-order valence-electron chi connectivity index (χ1n) is 8.10. The highest BCUT2D eigenvalue weighted by atomic mass is 19.1. The number of nitrogens with zero attached hydrogens (tertiary/aromatic N) is 3. The van der Waals surface area contributed by atoms with Crippen molar-refractivity contribution in [3.63, 3.8) is 0 Å². The van der Waals surface area contributed by atoms with Crippen molar-refractivity contribution in [3.8, 4) is 0 Å². The van der Waals surface area contributed by atoms with Crippen LogP contribution in [0.2, 0.25) is 0 Å². The van der Waals surface area contributed by atoms with Gasteiger partial charge in [0, 0.05) is 39.4 Å². The number of rotatable bonds is 1. The lowest BCUT2D eigenvalue weighted by molar-refractivity contribution is -0.104. The normalized spacial score (nSPS) is 24.8. The van der Waals surface area contributed by atoms with Gasteiger partial charge in [-0.05, 0) is 31.0 Å². The fourth-order valence-electron chi connectivity index (χ4n) is 3.53. The average Bonchev–Trinajstić information content (AvgIpc) is 2.54. The molecule has 126 valence electrons. The molecular weight excluding hydrogens is 297 g/mol. The zero-order chi connectivity index (χ0) is 16.4. The monoisotopic (exact) mass is 321 g/mol. The van der Waals surface area contributed by atoms with Crippen LogP contribution < -0.4 is 4.90 Å². The Hall–Kier alpha value is -1.82. The van der Waals surface area contributed by atoms with E-state index < -0.39 is 0 Å². The fourth-order valence-corrected chi connectivity index (χ4v) is 3.53. The maximum absolute atomic E-state index is 13.5. The summed E-state index contributed by atoms with van der Waals surface area (Å²) in [7, 11) is 3.54. The van der Waals surface area contributed by atoms with Crippen molar-refractivity contribution in [1.29, 1.82) is 0 Å². The average molecular weight is 321 g/mol. The van der Waals surface area contributed by atoms with Gasteiger partial charge in [-0.3, -0.25) is 0 Å². The zero-order valence-electron chi connectivity index (χ0n) is 13.8. The minimum atomic E-state index is -0.353. The van der Waals surface area contributed by atoms with Crippen LogP contribution in [-0.4, -0.2) is 68.3 Å². The Labute approximate surface area is 136 Å². The van der Waals surface area contributed by atoms with E-state index in [9.17, 15) is 9.18 Å². The molecule has 1 spiro atoms. The van der Waals surface area contributed by atoms with Gasteiger partial charge < -0.3 is 19.4 Å². The molecule has 3 rings (SSSR count). The van der Waals surface area contributed by atoms with Crippen LogP contribution >= 0.6 is 0 Å². The molecule has 1 aromatic carbocycles. The van der Waals surface area contributed by atoms with Gasteiger partial charge in [0.2, 0.25) is 0 Å². The quantitative estimate of drug-likeness (QED) is 0.795. The Kier molecular flexibility index (Phi) is 4.43. The highest BCUT2D eigenvalue weighted by Gasteiger charge is 2.42. The molecule has 0 aliphatic carbocycles. The molecule has 0 radical (unpaired) electrons. The predicted molar refractivity (Wildman–Crippen MR) is 87.2 cm³/mol. The number of carbonyl (C=O) groups is 1. The molecular formula is C17H24FN3O2. The van der Waals surface area contributed by atoms with Crippen LogP contribution in [-0.2, 0) is 4.74 Å². The van der Waals surface area contributed by atoms with Crippen LogP contribution in [0.5, 0.6) is 0 Å². The third kappa shape index (κ3) is 3.42. The molecule has 1 aromatic rings. The predicted octanol–water partition coefficient (Wildman–Crippen LogP) is 2.18. The summed E-state index contributed by atoms with van der Waals surface area (Å²) >= 11 is 0. The number of anilines is 1.